The summed E-state index contributed by atoms with van der Waals surface area (Å²) in [5.41, 5.74) is 1.56. The smallest absolute Gasteiger partial charge is 0.245 e. The Balaban J connectivity index is 1.53. The Hall–Kier alpha value is -2.96. The van der Waals surface area contributed by atoms with Gasteiger partial charge in [-0.1, -0.05) is 23.4 Å². The molecule has 7 heteroatoms. The molecule has 2 aromatic heterocycles. The molecule has 1 aromatic carbocycles. The van der Waals surface area contributed by atoms with Gasteiger partial charge in [0.25, 0.3) is 0 Å². The molecule has 7 nitrogen and oxygen atoms in total. The molecule has 0 radical (unpaired) electrons. The van der Waals surface area contributed by atoms with E-state index in [-0.39, 0.29) is 23.7 Å². The van der Waals surface area contributed by atoms with E-state index >= 15 is 0 Å². The highest BCUT2D eigenvalue weighted by Gasteiger charge is 2.30. The first-order valence-electron chi connectivity index (χ1n) is 9.22. The zero-order chi connectivity index (χ0) is 19.0. The number of rotatable bonds is 4. The summed E-state index contributed by atoms with van der Waals surface area (Å²) in [6.07, 6.45) is 4.80. The van der Waals surface area contributed by atoms with E-state index in [9.17, 15) is 9.59 Å². The summed E-state index contributed by atoms with van der Waals surface area (Å²) in [5, 5.41) is 4.81. The fraction of sp³-hybridized carbons (Fsp3) is 0.400. The molecule has 0 N–H and O–H groups in total. The number of hydrogen-bond donors (Lipinski definition) is 0. The van der Waals surface area contributed by atoms with Crippen molar-refractivity contribution in [1.29, 1.82) is 0 Å². The Morgan fingerprint density at radius 3 is 2.63 bits per heavy atom. The summed E-state index contributed by atoms with van der Waals surface area (Å²) in [5.74, 6) is 1.03. The van der Waals surface area contributed by atoms with Crippen LogP contribution >= 0.6 is 0 Å². The van der Waals surface area contributed by atoms with Gasteiger partial charge in [-0.3, -0.25) is 9.59 Å². The molecule has 1 fully saturated rings. The summed E-state index contributed by atoms with van der Waals surface area (Å²) >= 11 is 0. The molecule has 1 aliphatic heterocycles. The minimum absolute atomic E-state index is 0.00512. The van der Waals surface area contributed by atoms with Crippen LogP contribution in [0.25, 0.3) is 10.9 Å². The van der Waals surface area contributed by atoms with Crippen molar-refractivity contribution in [1.82, 2.24) is 19.6 Å². The van der Waals surface area contributed by atoms with E-state index in [2.05, 4.69) is 10.1 Å². The fourth-order valence-corrected chi connectivity index (χ4v) is 3.91. The normalized spacial score (nSPS) is 16.6. The molecule has 0 aliphatic carbocycles. The second-order valence-electron chi connectivity index (χ2n) is 7.09. The third-order valence-electron chi connectivity index (χ3n) is 5.44. The monoisotopic (exact) mass is 366 g/mol. The minimum atomic E-state index is -0.371. The highest BCUT2D eigenvalue weighted by Crippen LogP contribution is 2.29. The van der Waals surface area contributed by atoms with Crippen LogP contribution in [0.3, 0.4) is 0 Å². The van der Waals surface area contributed by atoms with Crippen molar-refractivity contribution >= 4 is 22.6 Å². The van der Waals surface area contributed by atoms with Gasteiger partial charge in [0.2, 0.25) is 12.3 Å². The number of fused-ring (bicyclic) bond motifs is 1. The molecular formula is C20H22N4O3. The summed E-state index contributed by atoms with van der Waals surface area (Å²) in [6.45, 7) is 4.79. The number of likely N-dealkylation sites (tertiary alicyclic amines) is 1. The van der Waals surface area contributed by atoms with Crippen LogP contribution in [0.15, 0.2) is 41.4 Å². The van der Waals surface area contributed by atoms with E-state index in [0.717, 1.165) is 29.6 Å². The topological polar surface area (TPSA) is 81.2 Å². The van der Waals surface area contributed by atoms with Gasteiger partial charge in [-0.25, -0.2) is 0 Å². The molecule has 4 rings (SSSR count). The third-order valence-corrected chi connectivity index (χ3v) is 5.44. The van der Waals surface area contributed by atoms with E-state index in [0.29, 0.717) is 18.7 Å². The van der Waals surface area contributed by atoms with Gasteiger partial charge >= 0.3 is 0 Å². The molecule has 140 valence electrons. The van der Waals surface area contributed by atoms with Crippen LogP contribution in [-0.2, 0) is 4.79 Å². The van der Waals surface area contributed by atoms with Gasteiger partial charge in [-0.2, -0.15) is 4.98 Å². The predicted octanol–water partition coefficient (Wildman–Crippen LogP) is 3.19. The zero-order valence-electron chi connectivity index (χ0n) is 15.5. The lowest BCUT2D eigenvalue weighted by molar-refractivity contribution is -0.135. The average Bonchev–Trinajstić information content (AvgIpc) is 3.35. The molecule has 3 heterocycles. The van der Waals surface area contributed by atoms with Gasteiger partial charge in [-0.15, -0.1) is 0 Å². The SMILES string of the molecule is CC(=O)c1cn(C(C)C(=O)N2CCC(c3ncon3)CC2)c2ccccc12. The van der Waals surface area contributed by atoms with E-state index in [4.69, 9.17) is 4.52 Å². The van der Waals surface area contributed by atoms with Crippen LogP contribution in [0.1, 0.15) is 54.8 Å². The van der Waals surface area contributed by atoms with Crippen molar-refractivity contribution in [3.63, 3.8) is 0 Å². The first-order chi connectivity index (χ1) is 13.1. The number of amides is 1. The van der Waals surface area contributed by atoms with Crippen molar-refractivity contribution in [2.24, 2.45) is 0 Å². The van der Waals surface area contributed by atoms with Gasteiger partial charge < -0.3 is 14.0 Å². The molecule has 1 aliphatic rings. The van der Waals surface area contributed by atoms with Crippen LogP contribution in [0.4, 0.5) is 0 Å². The quantitative estimate of drug-likeness (QED) is 0.662. The molecule has 1 unspecified atom stereocenters. The maximum absolute atomic E-state index is 13.1. The molecule has 0 spiro atoms. The van der Waals surface area contributed by atoms with Crippen molar-refractivity contribution in [3.05, 3.63) is 48.2 Å². The second-order valence-corrected chi connectivity index (χ2v) is 7.09. The molecule has 0 bridgehead atoms. The molecule has 3 aromatic rings. The Bertz CT molecular complexity index is 968. The first kappa shape index (κ1) is 17.5. The van der Waals surface area contributed by atoms with Gasteiger partial charge in [0.15, 0.2) is 11.6 Å². The van der Waals surface area contributed by atoms with Crippen molar-refractivity contribution in [3.8, 4) is 0 Å². The number of benzene rings is 1. The predicted molar refractivity (Wildman–Crippen MR) is 99.5 cm³/mol. The number of ketones is 1. The molecule has 1 amide bonds. The second kappa shape index (κ2) is 6.98. The standard InChI is InChI=1S/C20H22N4O3/c1-13(24-11-17(14(2)25)16-5-3-4-6-18(16)24)20(26)23-9-7-15(8-10-23)19-21-12-27-22-19/h3-6,11-13,15H,7-10H2,1-2H3. The highest BCUT2D eigenvalue weighted by atomic mass is 16.5. The van der Waals surface area contributed by atoms with E-state index < -0.39 is 0 Å². The Morgan fingerprint density at radius 2 is 1.96 bits per heavy atom. The van der Waals surface area contributed by atoms with Gasteiger partial charge in [0, 0.05) is 41.7 Å². The Morgan fingerprint density at radius 1 is 1.22 bits per heavy atom. The summed E-state index contributed by atoms with van der Waals surface area (Å²) in [7, 11) is 0. The molecule has 1 saturated heterocycles. The van der Waals surface area contributed by atoms with Crippen molar-refractivity contribution in [2.45, 2.75) is 38.6 Å². The van der Waals surface area contributed by atoms with Crippen LogP contribution in [-0.4, -0.2) is 44.4 Å². The van der Waals surface area contributed by atoms with Crippen molar-refractivity contribution in [2.75, 3.05) is 13.1 Å². The number of piperidine rings is 1. The van der Waals surface area contributed by atoms with Crippen molar-refractivity contribution < 1.29 is 14.1 Å². The maximum atomic E-state index is 13.1. The Kier molecular flexibility index (Phi) is 4.51. The summed E-state index contributed by atoms with van der Waals surface area (Å²) in [4.78, 5) is 31.1. The number of hydrogen-bond acceptors (Lipinski definition) is 5. The Labute approximate surface area is 157 Å². The lowest BCUT2D eigenvalue weighted by Gasteiger charge is -2.33. The number of Topliss-reactive ketones (excluding diaryl/α,β-unsaturated/α-hetero) is 1. The highest BCUT2D eigenvalue weighted by molar-refractivity contribution is 6.07. The van der Waals surface area contributed by atoms with Crippen LogP contribution < -0.4 is 0 Å². The molecule has 1 atom stereocenters. The number of carbonyl (C=O) groups excluding carboxylic acids is 2. The largest absolute Gasteiger partial charge is 0.343 e. The number of para-hydroxylation sites is 1. The van der Waals surface area contributed by atoms with Gasteiger partial charge in [-0.05, 0) is 32.8 Å². The van der Waals surface area contributed by atoms with Gasteiger partial charge in [0.05, 0.1) is 0 Å². The lowest BCUT2D eigenvalue weighted by Crippen LogP contribution is -2.41. The number of nitrogens with zero attached hydrogens (tertiary/aromatic N) is 4. The van der Waals surface area contributed by atoms with E-state index in [1.165, 1.54) is 6.39 Å². The maximum Gasteiger partial charge on any atom is 0.245 e. The zero-order valence-corrected chi connectivity index (χ0v) is 15.5. The molecular weight excluding hydrogens is 344 g/mol. The fourth-order valence-electron chi connectivity index (χ4n) is 3.91. The van der Waals surface area contributed by atoms with E-state index in [1.54, 1.807) is 6.92 Å². The minimum Gasteiger partial charge on any atom is -0.343 e. The summed E-state index contributed by atoms with van der Waals surface area (Å²) < 4.78 is 6.74. The van der Waals surface area contributed by atoms with Gasteiger partial charge in [0.1, 0.15) is 6.04 Å². The lowest BCUT2D eigenvalue weighted by atomic mass is 9.96. The summed E-state index contributed by atoms with van der Waals surface area (Å²) in [6, 6.07) is 7.35. The number of carbonyl (C=O) groups is 2. The number of aromatic nitrogens is 3. The van der Waals surface area contributed by atoms with Crippen LogP contribution in [0.5, 0.6) is 0 Å². The average molecular weight is 366 g/mol. The first-order valence-corrected chi connectivity index (χ1v) is 9.22. The molecule has 0 saturated carbocycles. The van der Waals surface area contributed by atoms with E-state index in [1.807, 2.05) is 46.9 Å². The third kappa shape index (κ3) is 3.13. The van der Waals surface area contributed by atoms with Crippen LogP contribution in [0, 0.1) is 0 Å². The molecule has 27 heavy (non-hydrogen) atoms. The van der Waals surface area contributed by atoms with Crippen LogP contribution in [0.2, 0.25) is 0 Å².